The number of hydrogen-bond acceptors (Lipinski definition) is 4. The molecule has 132 valence electrons. The summed E-state index contributed by atoms with van der Waals surface area (Å²) in [4.78, 5) is 20.8. The molecule has 0 bridgehead atoms. The Morgan fingerprint density at radius 1 is 1.36 bits per heavy atom. The van der Waals surface area contributed by atoms with Crippen LogP contribution in [0.5, 0.6) is 0 Å². The van der Waals surface area contributed by atoms with E-state index in [0.29, 0.717) is 24.0 Å². The van der Waals surface area contributed by atoms with Gasteiger partial charge in [-0.15, -0.1) is 0 Å². The molecule has 2 aromatic heterocycles. The highest BCUT2D eigenvalue weighted by Crippen LogP contribution is 2.20. The average Bonchev–Trinajstić information content (AvgIpc) is 3.18. The van der Waals surface area contributed by atoms with Crippen LogP contribution in [0.4, 0.5) is 10.5 Å². The van der Waals surface area contributed by atoms with Crippen molar-refractivity contribution < 1.29 is 9.21 Å². The second kappa shape index (κ2) is 7.38. The molecule has 3 rings (SSSR count). The Kier molecular flexibility index (Phi) is 5.02. The number of amides is 2. The number of carbonyl (C=O) groups is 1. The van der Waals surface area contributed by atoms with Crippen LogP contribution in [0.3, 0.4) is 0 Å². The normalized spacial score (nSPS) is 11.2. The van der Waals surface area contributed by atoms with Gasteiger partial charge in [0.2, 0.25) is 0 Å². The molecule has 0 aliphatic heterocycles. The number of aryl methyl sites for hydroxylation is 1. The number of benzene rings is 1. The van der Waals surface area contributed by atoms with E-state index in [2.05, 4.69) is 39.0 Å². The van der Waals surface area contributed by atoms with Gasteiger partial charge in [0.25, 0.3) is 0 Å². The van der Waals surface area contributed by atoms with Crippen molar-refractivity contribution in [1.29, 1.82) is 0 Å². The van der Waals surface area contributed by atoms with Gasteiger partial charge in [-0.05, 0) is 24.1 Å². The van der Waals surface area contributed by atoms with E-state index in [1.54, 1.807) is 18.3 Å². The van der Waals surface area contributed by atoms with Gasteiger partial charge in [-0.2, -0.15) is 0 Å². The Morgan fingerprint density at radius 3 is 2.96 bits per heavy atom. The summed E-state index contributed by atoms with van der Waals surface area (Å²) in [5.41, 5.74) is 2.13. The fourth-order valence-corrected chi connectivity index (χ4v) is 2.61. The highest BCUT2D eigenvalue weighted by Gasteiger charge is 2.09. The third-order valence-corrected chi connectivity index (χ3v) is 3.76. The number of nitrogens with one attached hydrogen (secondary N) is 2. The highest BCUT2D eigenvalue weighted by atomic mass is 16.3. The molecule has 0 saturated heterocycles. The van der Waals surface area contributed by atoms with Crippen LogP contribution in [0.1, 0.15) is 32.5 Å². The molecule has 0 spiro atoms. The van der Waals surface area contributed by atoms with Crippen molar-refractivity contribution in [2.75, 3.05) is 5.32 Å². The molecular formula is C18H23N5O2. The number of imidazole rings is 1. The Balaban J connectivity index is 1.60. The Labute approximate surface area is 146 Å². The number of rotatable bonds is 6. The molecule has 0 aliphatic rings. The summed E-state index contributed by atoms with van der Waals surface area (Å²) in [5, 5.41) is 5.65. The lowest BCUT2D eigenvalue weighted by molar-refractivity contribution is 0.251. The first-order chi connectivity index (χ1) is 12.0. The third-order valence-electron chi connectivity index (χ3n) is 3.76. The number of urea groups is 1. The molecule has 7 heteroatoms. The lowest BCUT2D eigenvalue weighted by atomic mass is 10.2. The zero-order valence-electron chi connectivity index (χ0n) is 14.7. The maximum absolute atomic E-state index is 12.1. The number of carbonyl (C=O) groups excluding carboxylic acids is 1. The first kappa shape index (κ1) is 17.0. The fourth-order valence-electron chi connectivity index (χ4n) is 2.61. The molecule has 0 atom stereocenters. The molecule has 3 aromatic rings. The van der Waals surface area contributed by atoms with Crippen molar-refractivity contribution in [2.24, 2.45) is 5.92 Å². The van der Waals surface area contributed by atoms with E-state index in [4.69, 9.17) is 4.42 Å². The number of hydrogen-bond donors (Lipinski definition) is 2. The predicted octanol–water partition coefficient (Wildman–Crippen LogP) is 3.56. The Hall–Kier alpha value is -2.83. The first-order valence-electron chi connectivity index (χ1n) is 8.49. The molecular weight excluding hydrogens is 318 g/mol. The van der Waals surface area contributed by atoms with Gasteiger partial charge in [0.1, 0.15) is 11.3 Å². The number of oxazole rings is 1. The SMILES string of the molecule is CCc1nc2cc(NC(=O)NCc3nccn3CC(C)C)ccc2o1. The van der Waals surface area contributed by atoms with Gasteiger partial charge in [-0.3, -0.25) is 0 Å². The van der Waals surface area contributed by atoms with E-state index in [1.807, 2.05) is 19.2 Å². The summed E-state index contributed by atoms with van der Waals surface area (Å²) in [7, 11) is 0. The minimum absolute atomic E-state index is 0.280. The van der Waals surface area contributed by atoms with E-state index < -0.39 is 0 Å². The second-order valence-electron chi connectivity index (χ2n) is 6.34. The van der Waals surface area contributed by atoms with E-state index >= 15 is 0 Å². The van der Waals surface area contributed by atoms with Crippen molar-refractivity contribution in [3.63, 3.8) is 0 Å². The van der Waals surface area contributed by atoms with Crippen molar-refractivity contribution in [3.8, 4) is 0 Å². The van der Waals surface area contributed by atoms with Crippen LogP contribution in [0.2, 0.25) is 0 Å². The van der Waals surface area contributed by atoms with Crippen LogP contribution in [-0.2, 0) is 19.5 Å². The molecule has 0 radical (unpaired) electrons. The largest absolute Gasteiger partial charge is 0.441 e. The van der Waals surface area contributed by atoms with Gasteiger partial charge < -0.3 is 19.6 Å². The molecule has 2 N–H and O–H groups in total. The number of aromatic nitrogens is 3. The van der Waals surface area contributed by atoms with Crippen LogP contribution in [0.15, 0.2) is 35.0 Å². The van der Waals surface area contributed by atoms with Gasteiger partial charge in [-0.25, -0.2) is 14.8 Å². The third kappa shape index (κ3) is 4.17. The smallest absolute Gasteiger partial charge is 0.319 e. The van der Waals surface area contributed by atoms with E-state index in [9.17, 15) is 4.79 Å². The summed E-state index contributed by atoms with van der Waals surface area (Å²) in [6.45, 7) is 7.53. The van der Waals surface area contributed by atoms with Crippen LogP contribution in [-0.4, -0.2) is 20.6 Å². The van der Waals surface area contributed by atoms with Crippen molar-refractivity contribution in [1.82, 2.24) is 19.9 Å². The fraction of sp³-hybridized carbons (Fsp3) is 0.389. The molecule has 7 nitrogen and oxygen atoms in total. The van der Waals surface area contributed by atoms with Crippen LogP contribution < -0.4 is 10.6 Å². The zero-order chi connectivity index (χ0) is 17.8. The van der Waals surface area contributed by atoms with Crippen LogP contribution >= 0.6 is 0 Å². The topological polar surface area (TPSA) is 85.0 Å². The average molecular weight is 341 g/mol. The monoisotopic (exact) mass is 341 g/mol. The van der Waals surface area contributed by atoms with E-state index in [-0.39, 0.29) is 6.03 Å². The maximum Gasteiger partial charge on any atom is 0.319 e. The van der Waals surface area contributed by atoms with Gasteiger partial charge in [0.05, 0.1) is 6.54 Å². The molecule has 25 heavy (non-hydrogen) atoms. The molecule has 2 heterocycles. The molecule has 0 aliphatic carbocycles. The zero-order valence-corrected chi connectivity index (χ0v) is 14.7. The van der Waals surface area contributed by atoms with Gasteiger partial charge >= 0.3 is 6.03 Å². The van der Waals surface area contributed by atoms with Crippen molar-refractivity contribution in [3.05, 3.63) is 42.3 Å². The lowest BCUT2D eigenvalue weighted by Crippen LogP contribution is -2.29. The second-order valence-corrected chi connectivity index (χ2v) is 6.34. The summed E-state index contributed by atoms with van der Waals surface area (Å²) >= 11 is 0. The highest BCUT2D eigenvalue weighted by molar-refractivity contribution is 5.91. The van der Waals surface area contributed by atoms with Gasteiger partial charge in [0.15, 0.2) is 11.5 Å². The molecule has 0 fully saturated rings. The molecule has 0 saturated carbocycles. The quantitative estimate of drug-likeness (QED) is 0.718. The minimum Gasteiger partial charge on any atom is -0.441 e. The summed E-state index contributed by atoms with van der Waals surface area (Å²) in [5.74, 6) is 2.04. The predicted molar refractivity (Wildman–Crippen MR) is 96.3 cm³/mol. The summed E-state index contributed by atoms with van der Waals surface area (Å²) in [6, 6.07) is 5.13. The van der Waals surface area contributed by atoms with Crippen LogP contribution in [0, 0.1) is 5.92 Å². The minimum atomic E-state index is -0.280. The molecule has 0 unspecified atom stereocenters. The van der Waals surface area contributed by atoms with Gasteiger partial charge in [-0.1, -0.05) is 20.8 Å². The maximum atomic E-state index is 12.1. The number of anilines is 1. The Morgan fingerprint density at radius 2 is 2.20 bits per heavy atom. The number of nitrogens with zero attached hydrogens (tertiary/aromatic N) is 3. The van der Waals surface area contributed by atoms with E-state index in [1.165, 1.54) is 0 Å². The first-order valence-corrected chi connectivity index (χ1v) is 8.49. The summed E-state index contributed by atoms with van der Waals surface area (Å²) < 4.78 is 7.62. The summed E-state index contributed by atoms with van der Waals surface area (Å²) in [6.07, 6.45) is 4.42. The van der Waals surface area contributed by atoms with Gasteiger partial charge in [0, 0.05) is 31.0 Å². The number of fused-ring (bicyclic) bond motifs is 1. The lowest BCUT2D eigenvalue weighted by Gasteiger charge is -2.11. The van der Waals surface area contributed by atoms with Crippen molar-refractivity contribution in [2.45, 2.75) is 40.3 Å². The van der Waals surface area contributed by atoms with E-state index in [0.717, 1.165) is 29.9 Å². The standard InChI is InChI=1S/C18H23N5O2/c1-4-17-22-14-9-13(5-6-15(14)25-17)21-18(24)20-10-16-19-7-8-23(16)11-12(2)3/h5-9,12H,4,10-11H2,1-3H3,(H2,20,21,24). The van der Waals surface area contributed by atoms with Crippen molar-refractivity contribution >= 4 is 22.8 Å². The Bertz CT molecular complexity index is 865. The molecule has 1 aromatic carbocycles. The molecule has 2 amide bonds. The van der Waals surface area contributed by atoms with Crippen LogP contribution in [0.25, 0.3) is 11.1 Å².